The minimum atomic E-state index is -3.78. The molecular formula is C9H11ClN2O3S. The highest BCUT2D eigenvalue weighted by atomic mass is 35.7. The monoisotopic (exact) mass is 262 g/mol. The molecule has 2 N–H and O–H groups in total. The lowest BCUT2D eigenvalue weighted by atomic mass is 10.3. The minimum Gasteiger partial charge on any atom is -0.356 e. The standard InChI is InChI=1S/C9H11ClN2O3S/c1-9(2-3-9)12-8(13)7-4-6(5-11-7)16(10,14)15/h4-5,11H,2-3H2,1H3,(H,12,13). The second-order valence-electron chi connectivity index (χ2n) is 4.20. The molecule has 1 amide bonds. The summed E-state index contributed by atoms with van der Waals surface area (Å²) < 4.78 is 22.0. The first kappa shape index (κ1) is 11.5. The number of amides is 1. The molecule has 1 heterocycles. The van der Waals surface area contributed by atoms with Crippen molar-refractivity contribution in [2.24, 2.45) is 0 Å². The Morgan fingerprint density at radius 1 is 1.56 bits per heavy atom. The number of H-pyrrole nitrogens is 1. The van der Waals surface area contributed by atoms with E-state index < -0.39 is 9.05 Å². The first-order chi connectivity index (χ1) is 7.30. The van der Waals surface area contributed by atoms with Crippen molar-refractivity contribution in [2.45, 2.75) is 30.2 Å². The van der Waals surface area contributed by atoms with Gasteiger partial charge in [-0.25, -0.2) is 8.42 Å². The highest BCUT2D eigenvalue weighted by Crippen LogP contribution is 2.34. The van der Waals surface area contributed by atoms with Crippen molar-refractivity contribution in [3.8, 4) is 0 Å². The van der Waals surface area contributed by atoms with Crippen LogP contribution in [-0.4, -0.2) is 24.8 Å². The molecule has 0 aliphatic heterocycles. The number of aromatic amines is 1. The van der Waals surface area contributed by atoms with Crippen molar-refractivity contribution in [3.05, 3.63) is 18.0 Å². The third-order valence-corrected chi connectivity index (χ3v) is 3.93. The summed E-state index contributed by atoms with van der Waals surface area (Å²) >= 11 is 0. The molecule has 1 fully saturated rings. The van der Waals surface area contributed by atoms with Crippen molar-refractivity contribution in [1.29, 1.82) is 0 Å². The average Bonchev–Trinajstić information content (AvgIpc) is 2.68. The molecule has 1 aromatic heterocycles. The van der Waals surface area contributed by atoms with Gasteiger partial charge in [-0.1, -0.05) is 0 Å². The van der Waals surface area contributed by atoms with Crippen molar-refractivity contribution < 1.29 is 13.2 Å². The lowest BCUT2D eigenvalue weighted by Gasteiger charge is -2.09. The van der Waals surface area contributed by atoms with Gasteiger partial charge in [0.05, 0.1) is 0 Å². The predicted octanol–water partition coefficient (Wildman–Crippen LogP) is 1.22. The molecule has 1 aliphatic carbocycles. The number of aromatic nitrogens is 1. The maximum Gasteiger partial charge on any atom is 0.268 e. The van der Waals surface area contributed by atoms with E-state index in [0.29, 0.717) is 0 Å². The maximum absolute atomic E-state index is 11.7. The Morgan fingerprint density at radius 3 is 2.62 bits per heavy atom. The number of carbonyl (C=O) groups excluding carboxylic acids is 1. The van der Waals surface area contributed by atoms with Crippen LogP contribution in [0.15, 0.2) is 17.2 Å². The van der Waals surface area contributed by atoms with Gasteiger partial charge in [0.15, 0.2) is 0 Å². The number of carbonyl (C=O) groups is 1. The average molecular weight is 263 g/mol. The van der Waals surface area contributed by atoms with Crippen molar-refractivity contribution in [1.82, 2.24) is 10.3 Å². The van der Waals surface area contributed by atoms with E-state index in [-0.39, 0.29) is 22.0 Å². The minimum absolute atomic E-state index is 0.0970. The van der Waals surface area contributed by atoms with Gasteiger partial charge in [0.25, 0.3) is 15.0 Å². The molecule has 16 heavy (non-hydrogen) atoms. The molecule has 0 atom stereocenters. The van der Waals surface area contributed by atoms with Gasteiger partial charge in [-0.15, -0.1) is 0 Å². The lowest BCUT2D eigenvalue weighted by Crippen LogP contribution is -2.34. The molecule has 7 heteroatoms. The van der Waals surface area contributed by atoms with Gasteiger partial charge < -0.3 is 10.3 Å². The quantitative estimate of drug-likeness (QED) is 0.804. The Balaban J connectivity index is 2.16. The summed E-state index contributed by atoms with van der Waals surface area (Å²) in [5, 5.41) is 2.80. The molecule has 0 bridgehead atoms. The zero-order valence-electron chi connectivity index (χ0n) is 8.58. The summed E-state index contributed by atoms with van der Waals surface area (Å²) in [6.07, 6.45) is 3.09. The second-order valence-corrected chi connectivity index (χ2v) is 6.77. The molecule has 0 unspecified atom stereocenters. The Labute approximate surface area is 97.6 Å². The van der Waals surface area contributed by atoms with Crippen LogP contribution in [0.5, 0.6) is 0 Å². The molecule has 1 saturated carbocycles. The molecule has 0 spiro atoms. The third kappa shape index (κ3) is 2.38. The third-order valence-electron chi connectivity index (χ3n) is 2.60. The summed E-state index contributed by atoms with van der Waals surface area (Å²) in [5.41, 5.74) is 0.0645. The number of halogens is 1. The summed E-state index contributed by atoms with van der Waals surface area (Å²) in [6, 6.07) is 1.23. The fourth-order valence-electron chi connectivity index (χ4n) is 1.30. The molecule has 0 aromatic carbocycles. The van der Waals surface area contributed by atoms with Crippen LogP contribution in [0.1, 0.15) is 30.3 Å². The Bertz CT molecular complexity index is 531. The van der Waals surface area contributed by atoms with Gasteiger partial charge in [-0.05, 0) is 25.8 Å². The fourth-order valence-corrected chi connectivity index (χ4v) is 2.03. The van der Waals surface area contributed by atoms with E-state index in [4.69, 9.17) is 10.7 Å². The number of rotatable bonds is 3. The first-order valence-corrected chi connectivity index (χ1v) is 7.07. The van der Waals surface area contributed by atoms with Gasteiger partial charge >= 0.3 is 0 Å². The largest absolute Gasteiger partial charge is 0.356 e. The zero-order valence-corrected chi connectivity index (χ0v) is 10.2. The number of hydrogen-bond acceptors (Lipinski definition) is 3. The van der Waals surface area contributed by atoms with Gasteiger partial charge in [-0.3, -0.25) is 4.79 Å². The van der Waals surface area contributed by atoms with Gasteiger partial charge in [-0.2, -0.15) is 0 Å². The summed E-state index contributed by atoms with van der Waals surface area (Å²) in [6.45, 7) is 1.94. The topological polar surface area (TPSA) is 79.0 Å². The number of hydrogen-bond donors (Lipinski definition) is 2. The Kier molecular flexibility index (Phi) is 2.51. The van der Waals surface area contributed by atoms with E-state index in [1.165, 1.54) is 12.3 Å². The van der Waals surface area contributed by atoms with E-state index in [9.17, 15) is 13.2 Å². The summed E-state index contributed by atoms with van der Waals surface area (Å²) in [4.78, 5) is 14.2. The smallest absolute Gasteiger partial charge is 0.268 e. The van der Waals surface area contributed by atoms with Crippen LogP contribution >= 0.6 is 10.7 Å². The normalized spacial score (nSPS) is 18.1. The van der Waals surface area contributed by atoms with Crippen LogP contribution in [0.2, 0.25) is 0 Å². The molecule has 0 radical (unpaired) electrons. The molecule has 1 aliphatic rings. The molecular weight excluding hydrogens is 252 g/mol. The highest BCUT2D eigenvalue weighted by Gasteiger charge is 2.39. The van der Waals surface area contributed by atoms with Crippen molar-refractivity contribution in [3.63, 3.8) is 0 Å². The van der Waals surface area contributed by atoms with Crippen molar-refractivity contribution in [2.75, 3.05) is 0 Å². The Hall–Kier alpha value is -1.01. The first-order valence-electron chi connectivity index (χ1n) is 4.76. The molecule has 1 aromatic rings. The Morgan fingerprint density at radius 2 is 2.19 bits per heavy atom. The van der Waals surface area contributed by atoms with E-state index >= 15 is 0 Å². The molecule has 5 nitrogen and oxygen atoms in total. The fraction of sp³-hybridized carbons (Fsp3) is 0.444. The molecule has 88 valence electrons. The van der Waals surface area contributed by atoms with E-state index in [1.807, 2.05) is 6.92 Å². The predicted molar refractivity (Wildman–Crippen MR) is 58.9 cm³/mol. The summed E-state index contributed by atoms with van der Waals surface area (Å²) in [5.74, 6) is -0.313. The van der Waals surface area contributed by atoms with E-state index in [1.54, 1.807) is 0 Å². The van der Waals surface area contributed by atoms with Crippen LogP contribution in [0, 0.1) is 0 Å². The van der Waals surface area contributed by atoms with Crippen LogP contribution in [0.25, 0.3) is 0 Å². The highest BCUT2D eigenvalue weighted by molar-refractivity contribution is 8.13. The zero-order chi connectivity index (χ0) is 12.0. The van der Waals surface area contributed by atoms with Crippen LogP contribution in [-0.2, 0) is 9.05 Å². The number of nitrogens with one attached hydrogen (secondary N) is 2. The van der Waals surface area contributed by atoms with Crippen LogP contribution in [0.4, 0.5) is 0 Å². The second kappa shape index (κ2) is 3.49. The molecule has 2 rings (SSSR count). The van der Waals surface area contributed by atoms with Gasteiger partial charge in [0.1, 0.15) is 10.6 Å². The van der Waals surface area contributed by atoms with Crippen LogP contribution in [0.3, 0.4) is 0 Å². The van der Waals surface area contributed by atoms with E-state index in [2.05, 4.69) is 10.3 Å². The lowest BCUT2D eigenvalue weighted by molar-refractivity contribution is 0.0931. The maximum atomic E-state index is 11.7. The van der Waals surface area contributed by atoms with Crippen LogP contribution < -0.4 is 5.32 Å². The van der Waals surface area contributed by atoms with Gasteiger partial charge in [0, 0.05) is 22.4 Å². The summed E-state index contributed by atoms with van der Waals surface area (Å²) in [7, 11) is 1.36. The molecule has 0 saturated heterocycles. The van der Waals surface area contributed by atoms with Crippen molar-refractivity contribution >= 4 is 25.6 Å². The SMILES string of the molecule is CC1(NC(=O)c2cc(S(=O)(=O)Cl)c[nH]2)CC1. The van der Waals surface area contributed by atoms with E-state index in [0.717, 1.165) is 12.8 Å². The van der Waals surface area contributed by atoms with Gasteiger partial charge in [0.2, 0.25) is 0 Å².